The Hall–Kier alpha value is -2.97. The van der Waals surface area contributed by atoms with Crippen LogP contribution >= 0.6 is 12.2 Å². The van der Waals surface area contributed by atoms with E-state index in [1.54, 1.807) is 42.5 Å². The number of ether oxygens (including phenoxy) is 1. The van der Waals surface area contributed by atoms with E-state index in [2.05, 4.69) is 41.6 Å². The number of hydrogen-bond acceptors (Lipinski definition) is 5. The fourth-order valence-electron chi connectivity index (χ4n) is 3.50. The van der Waals surface area contributed by atoms with Crippen molar-refractivity contribution in [2.45, 2.75) is 46.5 Å². The highest BCUT2D eigenvalue weighted by Crippen LogP contribution is 2.18. The largest absolute Gasteiger partial charge is 0.493 e. The van der Waals surface area contributed by atoms with Crippen molar-refractivity contribution in [3.05, 3.63) is 59.7 Å². The summed E-state index contributed by atoms with van der Waals surface area (Å²) in [6.45, 7) is 10.3. The summed E-state index contributed by atoms with van der Waals surface area (Å²) in [4.78, 5) is 27.4. The topological polar surface area (TPSA) is 82.7 Å². The lowest BCUT2D eigenvalue weighted by Gasteiger charge is -2.18. The molecule has 0 saturated heterocycles. The van der Waals surface area contributed by atoms with E-state index in [0.29, 0.717) is 35.7 Å². The minimum atomic E-state index is -0.337. The molecule has 0 unspecified atom stereocenters. The van der Waals surface area contributed by atoms with Gasteiger partial charge in [-0.2, -0.15) is 0 Å². The Morgan fingerprint density at radius 3 is 2.31 bits per heavy atom. The molecule has 0 heterocycles. The first-order valence-electron chi connectivity index (χ1n) is 12.4. The SMILES string of the molecule is CCCCCCOc1ccccc1C(=O)NC(=S)Nc1ccc(C(=O)NCCN(CC)CC)cc1. The zero-order chi connectivity index (χ0) is 25.5. The fourth-order valence-corrected chi connectivity index (χ4v) is 3.71. The van der Waals surface area contributed by atoms with Gasteiger partial charge in [-0.05, 0) is 68.1 Å². The highest BCUT2D eigenvalue weighted by molar-refractivity contribution is 7.80. The van der Waals surface area contributed by atoms with Crippen molar-refractivity contribution in [1.82, 2.24) is 15.5 Å². The second-order valence-corrected chi connectivity index (χ2v) is 8.58. The molecule has 3 N–H and O–H groups in total. The minimum Gasteiger partial charge on any atom is -0.493 e. The lowest BCUT2D eigenvalue weighted by atomic mass is 10.2. The van der Waals surface area contributed by atoms with E-state index < -0.39 is 0 Å². The summed E-state index contributed by atoms with van der Waals surface area (Å²) >= 11 is 5.31. The Labute approximate surface area is 214 Å². The summed E-state index contributed by atoms with van der Waals surface area (Å²) in [7, 11) is 0. The summed E-state index contributed by atoms with van der Waals surface area (Å²) in [5.41, 5.74) is 1.68. The Kier molecular flexibility index (Phi) is 12.8. The Balaban J connectivity index is 1.85. The maximum atomic E-state index is 12.8. The first-order chi connectivity index (χ1) is 17.0. The van der Waals surface area contributed by atoms with Crippen molar-refractivity contribution in [2.75, 3.05) is 38.1 Å². The Bertz CT molecular complexity index is 946. The standard InChI is InChI=1S/C27H38N4O3S/c1-4-7-8-11-20-34-24-13-10-9-12-23(24)26(33)30-27(35)29-22-16-14-21(15-17-22)25(32)28-18-19-31(5-2)6-3/h9-10,12-17H,4-8,11,18-20H2,1-3H3,(H,28,32)(H2,29,30,33,35). The summed E-state index contributed by atoms with van der Waals surface area (Å²) in [6.07, 6.45) is 4.40. The van der Waals surface area contributed by atoms with Gasteiger partial charge < -0.3 is 20.3 Å². The first kappa shape index (κ1) is 28.3. The molecule has 0 aliphatic carbocycles. The average molecular weight is 499 g/mol. The second kappa shape index (κ2) is 15.8. The molecule has 190 valence electrons. The van der Waals surface area contributed by atoms with Crippen molar-refractivity contribution >= 4 is 34.8 Å². The fraction of sp³-hybridized carbons (Fsp3) is 0.444. The molecule has 35 heavy (non-hydrogen) atoms. The van der Waals surface area contributed by atoms with Crippen molar-refractivity contribution < 1.29 is 14.3 Å². The molecule has 2 amide bonds. The van der Waals surface area contributed by atoms with Crippen molar-refractivity contribution in [3.8, 4) is 5.75 Å². The van der Waals surface area contributed by atoms with Gasteiger partial charge in [0.1, 0.15) is 5.75 Å². The molecule has 0 bridgehead atoms. The van der Waals surface area contributed by atoms with Crippen LogP contribution in [0.2, 0.25) is 0 Å². The van der Waals surface area contributed by atoms with E-state index in [0.717, 1.165) is 38.9 Å². The highest BCUT2D eigenvalue weighted by Gasteiger charge is 2.14. The number of thiocarbonyl (C=S) groups is 1. The molecule has 8 heteroatoms. The number of likely N-dealkylation sites (N-methyl/N-ethyl adjacent to an activating group) is 1. The molecule has 0 aliphatic rings. The first-order valence-corrected chi connectivity index (χ1v) is 12.8. The third-order valence-corrected chi connectivity index (χ3v) is 5.83. The van der Waals surface area contributed by atoms with E-state index in [1.807, 2.05) is 6.07 Å². The number of nitrogens with one attached hydrogen (secondary N) is 3. The molecule has 0 fully saturated rings. The molecule has 0 spiro atoms. The molecule has 2 aromatic rings. The van der Waals surface area contributed by atoms with E-state index in [4.69, 9.17) is 17.0 Å². The normalized spacial score (nSPS) is 10.6. The van der Waals surface area contributed by atoms with E-state index in [1.165, 1.54) is 6.42 Å². The van der Waals surface area contributed by atoms with Crippen LogP contribution in [0.4, 0.5) is 5.69 Å². The second-order valence-electron chi connectivity index (χ2n) is 8.17. The Morgan fingerprint density at radius 2 is 1.63 bits per heavy atom. The molecular weight excluding hydrogens is 460 g/mol. The van der Waals surface area contributed by atoms with Gasteiger partial charge in [-0.3, -0.25) is 14.9 Å². The highest BCUT2D eigenvalue weighted by atomic mass is 32.1. The van der Waals surface area contributed by atoms with Crippen LogP contribution < -0.4 is 20.7 Å². The maximum absolute atomic E-state index is 12.8. The zero-order valence-electron chi connectivity index (χ0n) is 21.1. The van der Waals surface area contributed by atoms with Crippen LogP contribution in [0.3, 0.4) is 0 Å². The van der Waals surface area contributed by atoms with Gasteiger partial charge in [0.25, 0.3) is 11.8 Å². The maximum Gasteiger partial charge on any atom is 0.261 e. The number of rotatable bonds is 14. The predicted molar refractivity (Wildman–Crippen MR) is 146 cm³/mol. The monoisotopic (exact) mass is 498 g/mol. The van der Waals surface area contributed by atoms with Crippen molar-refractivity contribution in [3.63, 3.8) is 0 Å². The third-order valence-electron chi connectivity index (χ3n) is 5.63. The van der Waals surface area contributed by atoms with Crippen LogP contribution in [0, 0.1) is 0 Å². The van der Waals surface area contributed by atoms with Crippen LogP contribution in [-0.2, 0) is 0 Å². The average Bonchev–Trinajstić information content (AvgIpc) is 2.87. The summed E-state index contributed by atoms with van der Waals surface area (Å²) < 4.78 is 5.83. The predicted octanol–water partition coefficient (Wildman–Crippen LogP) is 4.84. The smallest absolute Gasteiger partial charge is 0.261 e. The number of hydrogen-bond donors (Lipinski definition) is 3. The summed E-state index contributed by atoms with van der Waals surface area (Å²) in [5, 5.41) is 8.80. The summed E-state index contributed by atoms with van der Waals surface area (Å²) in [5.74, 6) is 0.0856. The molecule has 0 saturated carbocycles. The number of nitrogens with zero attached hydrogens (tertiary/aromatic N) is 1. The number of para-hydroxylation sites is 1. The molecule has 0 radical (unpaired) electrons. The van der Waals surface area contributed by atoms with Crippen molar-refractivity contribution in [2.24, 2.45) is 0 Å². The molecule has 0 aliphatic heterocycles. The Morgan fingerprint density at radius 1 is 0.914 bits per heavy atom. The van der Waals surface area contributed by atoms with Gasteiger partial charge in [0.05, 0.1) is 12.2 Å². The van der Waals surface area contributed by atoms with Gasteiger partial charge in [0, 0.05) is 24.3 Å². The van der Waals surface area contributed by atoms with Crippen LogP contribution in [0.5, 0.6) is 5.75 Å². The number of carbonyl (C=O) groups excluding carboxylic acids is 2. The van der Waals surface area contributed by atoms with E-state index in [9.17, 15) is 9.59 Å². The zero-order valence-corrected chi connectivity index (χ0v) is 21.9. The van der Waals surface area contributed by atoms with Crippen LogP contribution in [0.25, 0.3) is 0 Å². The molecule has 2 aromatic carbocycles. The van der Waals surface area contributed by atoms with Crippen LogP contribution in [0.1, 0.15) is 67.2 Å². The molecule has 2 rings (SSSR count). The van der Waals surface area contributed by atoms with Crippen molar-refractivity contribution in [1.29, 1.82) is 0 Å². The van der Waals surface area contributed by atoms with Gasteiger partial charge in [-0.15, -0.1) is 0 Å². The lowest BCUT2D eigenvalue weighted by Crippen LogP contribution is -2.35. The van der Waals surface area contributed by atoms with Gasteiger partial charge in [0.2, 0.25) is 0 Å². The number of benzene rings is 2. The van der Waals surface area contributed by atoms with Gasteiger partial charge >= 0.3 is 0 Å². The van der Waals surface area contributed by atoms with Crippen LogP contribution in [-0.4, -0.2) is 54.6 Å². The van der Waals surface area contributed by atoms with Gasteiger partial charge in [0.15, 0.2) is 5.11 Å². The third kappa shape index (κ3) is 10.0. The van der Waals surface area contributed by atoms with Gasteiger partial charge in [-0.25, -0.2) is 0 Å². The van der Waals surface area contributed by atoms with Crippen LogP contribution in [0.15, 0.2) is 48.5 Å². The van der Waals surface area contributed by atoms with Gasteiger partial charge in [-0.1, -0.05) is 52.2 Å². The van der Waals surface area contributed by atoms with E-state index >= 15 is 0 Å². The number of unbranched alkanes of at least 4 members (excludes halogenated alkanes) is 3. The minimum absolute atomic E-state index is 0.120. The molecule has 0 atom stereocenters. The molecule has 7 nitrogen and oxygen atoms in total. The molecule has 0 aromatic heterocycles. The quantitative estimate of drug-likeness (QED) is 0.255. The van der Waals surface area contributed by atoms with E-state index in [-0.39, 0.29) is 16.9 Å². The molecular formula is C27H38N4O3S. The number of carbonyl (C=O) groups is 2. The number of amides is 2. The lowest BCUT2D eigenvalue weighted by molar-refractivity contribution is 0.0946. The number of anilines is 1. The summed E-state index contributed by atoms with van der Waals surface area (Å²) in [6, 6.07) is 14.1.